The van der Waals surface area contributed by atoms with E-state index in [1.54, 1.807) is 41.6 Å². The van der Waals surface area contributed by atoms with E-state index in [4.69, 9.17) is 10.5 Å². The summed E-state index contributed by atoms with van der Waals surface area (Å²) in [5.74, 6) is -0.461. The predicted molar refractivity (Wildman–Crippen MR) is 137 cm³/mol. The van der Waals surface area contributed by atoms with E-state index in [0.717, 1.165) is 37.8 Å². The van der Waals surface area contributed by atoms with Crippen LogP contribution in [0.15, 0.2) is 42.7 Å². The van der Waals surface area contributed by atoms with Crippen LogP contribution in [-0.2, 0) is 4.74 Å². The van der Waals surface area contributed by atoms with Gasteiger partial charge in [0.05, 0.1) is 18.5 Å². The minimum Gasteiger partial charge on any atom is -0.453 e. The molecule has 2 fully saturated rings. The zero-order valence-electron chi connectivity index (χ0n) is 20.6. The third-order valence-electron chi connectivity index (χ3n) is 6.83. The number of hydrogen-bond acceptors (Lipinski definition) is 7. The molecule has 3 amide bonds. The highest BCUT2D eigenvalue weighted by molar-refractivity contribution is 6.07. The number of nitrogens with two attached hydrogens (primary N) is 1. The van der Waals surface area contributed by atoms with Crippen LogP contribution in [0.3, 0.4) is 0 Å². The molecule has 2 heterocycles. The first-order valence-electron chi connectivity index (χ1n) is 12.4. The van der Waals surface area contributed by atoms with Crippen LogP contribution in [0, 0.1) is 0 Å². The summed E-state index contributed by atoms with van der Waals surface area (Å²) in [5.41, 5.74) is 8.28. The van der Waals surface area contributed by atoms with Crippen molar-refractivity contribution >= 4 is 29.3 Å². The molecule has 10 nitrogen and oxygen atoms in total. The summed E-state index contributed by atoms with van der Waals surface area (Å²) in [7, 11) is 1.38. The zero-order valence-corrected chi connectivity index (χ0v) is 20.6. The summed E-state index contributed by atoms with van der Waals surface area (Å²) in [4.78, 5) is 45.8. The number of pyridine rings is 1. The van der Waals surface area contributed by atoms with Crippen LogP contribution in [0.2, 0.25) is 0 Å². The molecule has 1 saturated heterocycles. The molecule has 1 aromatic heterocycles. The van der Waals surface area contributed by atoms with Gasteiger partial charge in [-0.25, -0.2) is 4.79 Å². The second-order valence-electron chi connectivity index (χ2n) is 9.30. The molecule has 0 radical (unpaired) electrons. The highest BCUT2D eigenvalue weighted by Gasteiger charge is 2.24. The van der Waals surface area contributed by atoms with E-state index in [0.29, 0.717) is 43.0 Å². The summed E-state index contributed by atoms with van der Waals surface area (Å²) in [6.07, 6.45) is 7.04. The maximum absolute atomic E-state index is 13.1. The number of methoxy groups -OCH3 is 1. The Hall–Kier alpha value is -3.66. The summed E-state index contributed by atoms with van der Waals surface area (Å²) >= 11 is 0. The SMILES string of the molecule is COC(=O)N1CCCN(c2ccc(C(=O)NC3CCC(N)CC3)cc2NC(=O)c2ccncc2)CC1. The van der Waals surface area contributed by atoms with Gasteiger partial charge in [-0.1, -0.05) is 0 Å². The Balaban J connectivity index is 1.56. The molecule has 1 aromatic carbocycles. The Morgan fingerprint density at radius 1 is 0.944 bits per heavy atom. The summed E-state index contributed by atoms with van der Waals surface area (Å²) in [6, 6.07) is 8.95. The molecule has 192 valence electrons. The molecular formula is C26H34N6O4. The minimum absolute atomic E-state index is 0.0988. The number of rotatable bonds is 5. The monoisotopic (exact) mass is 494 g/mol. The van der Waals surface area contributed by atoms with Gasteiger partial charge in [0.2, 0.25) is 0 Å². The number of ether oxygens (including phenoxy) is 1. The quantitative estimate of drug-likeness (QED) is 0.582. The highest BCUT2D eigenvalue weighted by atomic mass is 16.5. The molecular weight excluding hydrogens is 460 g/mol. The molecule has 1 aliphatic heterocycles. The van der Waals surface area contributed by atoms with Gasteiger partial charge in [-0.05, 0) is 62.4 Å². The minimum atomic E-state index is -0.348. The molecule has 36 heavy (non-hydrogen) atoms. The number of carbonyl (C=O) groups is 3. The Kier molecular flexibility index (Phi) is 8.37. The summed E-state index contributed by atoms with van der Waals surface area (Å²) in [5, 5.41) is 6.10. The fraction of sp³-hybridized carbons (Fsp3) is 0.462. The maximum Gasteiger partial charge on any atom is 0.409 e. The van der Waals surface area contributed by atoms with Crippen molar-refractivity contribution < 1.29 is 19.1 Å². The average Bonchev–Trinajstić information content (AvgIpc) is 3.16. The second-order valence-corrected chi connectivity index (χ2v) is 9.30. The van der Waals surface area contributed by atoms with Crippen molar-refractivity contribution in [3.8, 4) is 0 Å². The number of nitrogens with one attached hydrogen (secondary N) is 2. The lowest BCUT2D eigenvalue weighted by molar-refractivity contribution is 0.0924. The molecule has 10 heteroatoms. The second kappa shape index (κ2) is 11.9. The standard InChI is InChI=1S/C26H34N6O4/c1-36-26(35)32-14-2-13-31(15-16-32)23-8-3-19(25(34)29-21-6-4-20(27)5-7-21)17-22(23)30-24(33)18-9-11-28-12-10-18/h3,8-12,17,20-21H,2,4-7,13-16,27H2,1H3,(H,29,34)(H,30,33). The third kappa shape index (κ3) is 6.31. The smallest absolute Gasteiger partial charge is 0.409 e. The van der Waals surface area contributed by atoms with Crippen LogP contribution in [-0.4, -0.2) is 73.2 Å². The normalized spacial score (nSPS) is 20.3. The lowest BCUT2D eigenvalue weighted by Crippen LogP contribution is -2.40. The van der Waals surface area contributed by atoms with E-state index in [1.165, 1.54) is 7.11 Å². The van der Waals surface area contributed by atoms with Gasteiger partial charge in [-0.15, -0.1) is 0 Å². The molecule has 0 atom stereocenters. The first-order valence-corrected chi connectivity index (χ1v) is 12.4. The molecule has 0 bridgehead atoms. The Bertz CT molecular complexity index is 1070. The van der Waals surface area contributed by atoms with Crippen LogP contribution in [0.25, 0.3) is 0 Å². The average molecular weight is 495 g/mol. The number of carbonyl (C=O) groups excluding carboxylic acids is 3. The number of hydrogen-bond donors (Lipinski definition) is 3. The van der Waals surface area contributed by atoms with Crippen molar-refractivity contribution in [1.82, 2.24) is 15.2 Å². The van der Waals surface area contributed by atoms with E-state index in [2.05, 4.69) is 20.5 Å². The molecule has 1 saturated carbocycles. The van der Waals surface area contributed by atoms with Crippen LogP contribution >= 0.6 is 0 Å². The zero-order chi connectivity index (χ0) is 25.5. The molecule has 1 aliphatic carbocycles. The topological polar surface area (TPSA) is 130 Å². The van der Waals surface area contributed by atoms with E-state index >= 15 is 0 Å². The lowest BCUT2D eigenvalue weighted by atomic mass is 9.91. The van der Waals surface area contributed by atoms with Crippen LogP contribution in [0.4, 0.5) is 16.2 Å². The number of benzene rings is 1. The van der Waals surface area contributed by atoms with E-state index in [9.17, 15) is 14.4 Å². The summed E-state index contributed by atoms with van der Waals surface area (Å²) in [6.45, 7) is 2.35. The number of nitrogens with zero attached hydrogens (tertiary/aromatic N) is 3. The molecule has 0 unspecified atom stereocenters. The van der Waals surface area contributed by atoms with E-state index < -0.39 is 0 Å². The Labute approximate surface area is 211 Å². The molecule has 2 aliphatic rings. The van der Waals surface area contributed by atoms with E-state index in [-0.39, 0.29) is 30.0 Å². The molecule has 2 aromatic rings. The van der Waals surface area contributed by atoms with E-state index in [1.807, 2.05) is 6.07 Å². The van der Waals surface area contributed by atoms with Crippen molar-refractivity contribution in [2.45, 2.75) is 44.2 Å². The molecule has 4 N–H and O–H groups in total. The largest absolute Gasteiger partial charge is 0.453 e. The van der Waals surface area contributed by atoms with Crippen molar-refractivity contribution in [2.24, 2.45) is 5.73 Å². The first kappa shape index (κ1) is 25.4. The fourth-order valence-corrected chi connectivity index (χ4v) is 4.75. The van der Waals surface area contributed by atoms with Gasteiger partial charge in [0.1, 0.15) is 0 Å². The molecule has 4 rings (SSSR count). The van der Waals surface area contributed by atoms with Gasteiger partial charge in [-0.2, -0.15) is 0 Å². The van der Waals surface area contributed by atoms with Crippen LogP contribution in [0.5, 0.6) is 0 Å². The van der Waals surface area contributed by atoms with Gasteiger partial charge in [0.15, 0.2) is 0 Å². The van der Waals surface area contributed by atoms with Gasteiger partial charge < -0.3 is 30.9 Å². The van der Waals surface area contributed by atoms with Crippen molar-refractivity contribution in [3.05, 3.63) is 53.9 Å². The molecule has 0 spiro atoms. The Morgan fingerprint density at radius 3 is 2.42 bits per heavy atom. The number of aromatic nitrogens is 1. The van der Waals surface area contributed by atoms with Gasteiger partial charge in [0.25, 0.3) is 11.8 Å². The van der Waals surface area contributed by atoms with Gasteiger partial charge in [0, 0.05) is 61.8 Å². The summed E-state index contributed by atoms with van der Waals surface area (Å²) < 4.78 is 4.88. The lowest BCUT2D eigenvalue weighted by Gasteiger charge is -2.28. The van der Waals surface area contributed by atoms with Gasteiger partial charge >= 0.3 is 6.09 Å². The fourth-order valence-electron chi connectivity index (χ4n) is 4.75. The highest BCUT2D eigenvalue weighted by Crippen LogP contribution is 2.29. The number of anilines is 2. The van der Waals surface area contributed by atoms with Crippen molar-refractivity contribution in [3.63, 3.8) is 0 Å². The Morgan fingerprint density at radius 2 is 1.69 bits per heavy atom. The van der Waals surface area contributed by atoms with Crippen molar-refractivity contribution in [2.75, 3.05) is 43.5 Å². The number of amides is 3. The van der Waals surface area contributed by atoms with Crippen molar-refractivity contribution in [1.29, 1.82) is 0 Å². The van der Waals surface area contributed by atoms with Gasteiger partial charge in [-0.3, -0.25) is 14.6 Å². The van der Waals surface area contributed by atoms with Crippen LogP contribution in [0.1, 0.15) is 52.8 Å². The third-order valence-corrected chi connectivity index (χ3v) is 6.83. The first-order chi connectivity index (χ1) is 17.4. The van der Waals surface area contributed by atoms with Crippen LogP contribution < -0.4 is 21.3 Å². The maximum atomic E-state index is 13.1. The predicted octanol–water partition coefficient (Wildman–Crippen LogP) is 2.61.